The van der Waals surface area contributed by atoms with Gasteiger partial charge in [0.25, 0.3) is 0 Å². The number of carbonyl (C=O) groups excluding carboxylic acids is 2. The highest BCUT2D eigenvalue weighted by Crippen LogP contribution is 2.41. The zero-order valence-electron chi connectivity index (χ0n) is 35.3. The van der Waals surface area contributed by atoms with Crippen LogP contribution in [0.3, 0.4) is 0 Å². The Morgan fingerprint density at radius 1 is 0.836 bits per heavy atom. The summed E-state index contributed by atoms with van der Waals surface area (Å²) in [4.78, 5) is 42.1. The Balaban J connectivity index is 0.899. The Labute approximate surface area is 369 Å². The van der Waals surface area contributed by atoms with E-state index in [0.717, 1.165) is 111 Å². The summed E-state index contributed by atoms with van der Waals surface area (Å²) in [5, 5.41) is 15.6. The van der Waals surface area contributed by atoms with Gasteiger partial charge in [-0.25, -0.2) is 4.98 Å². The van der Waals surface area contributed by atoms with E-state index in [4.69, 9.17) is 4.98 Å². The first-order chi connectivity index (χ1) is 29.7. The smallest absolute Gasteiger partial charge is 0.244 e. The first-order valence-electron chi connectivity index (χ1n) is 21.8. The van der Waals surface area contributed by atoms with Crippen LogP contribution in [0.2, 0.25) is 0 Å². The van der Waals surface area contributed by atoms with Crippen LogP contribution in [-0.4, -0.2) is 82.1 Å². The number of aliphatic hydroxyl groups is 1. The number of piperidine rings is 1. The largest absolute Gasteiger partial charge is 0.378 e. The highest BCUT2D eigenvalue weighted by Gasteiger charge is 2.38. The van der Waals surface area contributed by atoms with Gasteiger partial charge in [0.1, 0.15) is 17.3 Å². The maximum atomic E-state index is 14.4. The first kappa shape index (κ1) is 42.8. The van der Waals surface area contributed by atoms with Gasteiger partial charge in [-0.15, -0.1) is 11.3 Å². The molecule has 4 aromatic carbocycles. The standard InChI is InChI=1S/C51H57N5O3S2/c1-4-45(60-35(2)43-17-11-29-55(43)47(57)33-36-13-7-5-8-14-36)39-23-19-37(20-24-39)38-21-25-40(26-22-38)46-34-52-50(61-46)44-18-12-30-56(44)51(59)48(41-15-9-6-10-16-41)53-49(58)42-27-31-54(3)32-28-42/h4-10,13-16,19-26,34,42-44,48-49,53,58H,2,11-12,17-18,27-33H2,1,3H3/b45-4-/t43-,44?,48+,49?/m0/s1. The van der Waals surface area contributed by atoms with Gasteiger partial charge < -0.3 is 19.8 Å². The number of aromatic nitrogens is 1. The van der Waals surface area contributed by atoms with Crippen LogP contribution < -0.4 is 5.32 Å². The van der Waals surface area contributed by atoms with Gasteiger partial charge in [-0.3, -0.25) is 14.9 Å². The lowest BCUT2D eigenvalue weighted by atomic mass is 9.94. The third kappa shape index (κ3) is 10.1. The molecule has 3 aliphatic heterocycles. The van der Waals surface area contributed by atoms with Crippen LogP contribution in [0, 0.1) is 5.92 Å². The molecule has 3 fully saturated rings. The summed E-state index contributed by atoms with van der Waals surface area (Å²) >= 11 is 3.33. The third-order valence-corrected chi connectivity index (χ3v) is 15.0. The van der Waals surface area contributed by atoms with Crippen molar-refractivity contribution in [1.82, 2.24) is 25.0 Å². The Bertz CT molecular complexity index is 2290. The molecule has 0 radical (unpaired) electrons. The number of thioether (sulfide) groups is 1. The molecule has 4 atom stereocenters. The van der Waals surface area contributed by atoms with E-state index in [-0.39, 0.29) is 29.8 Å². The number of nitrogens with zero attached hydrogens (tertiary/aromatic N) is 4. The number of benzene rings is 4. The molecule has 5 aromatic rings. The molecule has 8 nitrogen and oxygen atoms in total. The van der Waals surface area contributed by atoms with E-state index in [1.54, 1.807) is 23.1 Å². The van der Waals surface area contributed by atoms with Crippen molar-refractivity contribution in [3.05, 3.63) is 155 Å². The Kier molecular flexibility index (Phi) is 14.0. The van der Waals surface area contributed by atoms with E-state index < -0.39 is 12.3 Å². The molecule has 2 N–H and O–H groups in total. The van der Waals surface area contributed by atoms with E-state index in [1.165, 1.54) is 0 Å². The second kappa shape index (κ2) is 19.9. The summed E-state index contributed by atoms with van der Waals surface area (Å²) in [6.45, 7) is 9.85. The fraction of sp³-hybridized carbons (Fsp3) is 0.353. The number of amides is 2. The van der Waals surface area contributed by atoms with Gasteiger partial charge in [0.2, 0.25) is 11.8 Å². The van der Waals surface area contributed by atoms with E-state index in [1.807, 2.05) is 76.7 Å². The van der Waals surface area contributed by atoms with E-state index in [0.29, 0.717) is 13.0 Å². The monoisotopic (exact) mass is 851 g/mol. The van der Waals surface area contributed by atoms with Crippen LogP contribution in [0.25, 0.3) is 26.5 Å². The molecular weight excluding hydrogens is 795 g/mol. The predicted octanol–water partition coefficient (Wildman–Crippen LogP) is 9.97. The summed E-state index contributed by atoms with van der Waals surface area (Å²) < 4.78 is 0. The molecule has 61 heavy (non-hydrogen) atoms. The summed E-state index contributed by atoms with van der Waals surface area (Å²) in [6, 6.07) is 36.4. The highest BCUT2D eigenvalue weighted by molar-refractivity contribution is 8.11. The van der Waals surface area contributed by atoms with Crippen molar-refractivity contribution in [3.63, 3.8) is 0 Å². The van der Waals surface area contributed by atoms with E-state index in [9.17, 15) is 14.7 Å². The van der Waals surface area contributed by atoms with Crippen molar-refractivity contribution in [3.8, 4) is 21.6 Å². The van der Waals surface area contributed by atoms with E-state index in [2.05, 4.69) is 85.4 Å². The molecule has 3 saturated heterocycles. The van der Waals surface area contributed by atoms with Crippen LogP contribution in [0.15, 0.2) is 133 Å². The van der Waals surface area contributed by atoms with Crippen molar-refractivity contribution < 1.29 is 14.7 Å². The minimum Gasteiger partial charge on any atom is -0.378 e. The third-order valence-electron chi connectivity index (χ3n) is 12.6. The lowest BCUT2D eigenvalue weighted by Gasteiger charge is -2.35. The van der Waals surface area contributed by atoms with Crippen molar-refractivity contribution in [2.24, 2.45) is 5.92 Å². The number of likely N-dealkylation sites (tertiary alicyclic amines) is 3. The molecule has 8 rings (SSSR count). The summed E-state index contributed by atoms with van der Waals surface area (Å²) in [5.74, 6) is 0.262. The molecule has 2 amide bonds. The first-order valence-corrected chi connectivity index (χ1v) is 23.4. The quantitative estimate of drug-likeness (QED) is 0.108. The molecule has 10 heteroatoms. The Hall–Kier alpha value is -4.84. The van der Waals surface area contributed by atoms with Crippen LogP contribution in [-0.2, 0) is 16.0 Å². The molecule has 316 valence electrons. The number of hydrogen-bond acceptors (Lipinski definition) is 8. The van der Waals surface area contributed by atoms with Crippen molar-refractivity contribution in [2.75, 3.05) is 33.2 Å². The number of rotatable bonds is 14. The fourth-order valence-electron chi connectivity index (χ4n) is 9.05. The van der Waals surface area contributed by atoms with Gasteiger partial charge in [-0.2, -0.15) is 0 Å². The number of thiazole rings is 1. The number of aliphatic hydroxyl groups excluding tert-OH is 1. The summed E-state index contributed by atoms with van der Waals surface area (Å²) in [5.41, 5.74) is 6.40. The topological polar surface area (TPSA) is 89.0 Å². The Morgan fingerprint density at radius 2 is 1.46 bits per heavy atom. The maximum absolute atomic E-state index is 14.4. The number of allylic oxidation sites excluding steroid dienone is 1. The SMILES string of the molecule is C=C(S/C(=C\C)c1ccc(-c2ccc(-c3cnc(C4CCCN4C(=O)[C@H](NC(O)C4CCN(C)CC4)c4ccccc4)s3)cc2)cc1)[C@@H]1CCCN1C(=O)Cc1ccccc1. The van der Waals surface area contributed by atoms with Gasteiger partial charge in [-0.05, 0) is 99.0 Å². The van der Waals surface area contributed by atoms with Crippen molar-refractivity contribution >= 4 is 39.8 Å². The average Bonchev–Trinajstić information content (AvgIpc) is 4.11. The lowest BCUT2D eigenvalue weighted by molar-refractivity contribution is -0.136. The molecule has 0 bridgehead atoms. The Morgan fingerprint density at radius 3 is 2.15 bits per heavy atom. The molecule has 4 heterocycles. The minimum atomic E-state index is -0.760. The maximum Gasteiger partial charge on any atom is 0.244 e. The van der Waals surface area contributed by atoms with Crippen molar-refractivity contribution in [2.45, 2.75) is 76.2 Å². The van der Waals surface area contributed by atoms with Crippen LogP contribution in [0.5, 0.6) is 0 Å². The fourth-order valence-corrected chi connectivity index (χ4v) is 11.2. The second-order valence-electron chi connectivity index (χ2n) is 16.6. The molecule has 3 aliphatic rings. The van der Waals surface area contributed by atoms with Crippen LogP contribution in [0.1, 0.15) is 79.2 Å². The molecule has 2 unspecified atom stereocenters. The molecule has 0 aliphatic carbocycles. The van der Waals surface area contributed by atoms with Gasteiger partial charge >= 0.3 is 0 Å². The van der Waals surface area contributed by atoms with Gasteiger partial charge in [0.15, 0.2) is 0 Å². The zero-order chi connectivity index (χ0) is 42.3. The zero-order valence-corrected chi connectivity index (χ0v) is 36.9. The van der Waals surface area contributed by atoms with Crippen LogP contribution in [0.4, 0.5) is 0 Å². The molecule has 0 spiro atoms. The van der Waals surface area contributed by atoms with Gasteiger partial charge in [-0.1, -0.05) is 134 Å². The summed E-state index contributed by atoms with van der Waals surface area (Å²) in [7, 11) is 2.11. The van der Waals surface area contributed by atoms with E-state index >= 15 is 0 Å². The van der Waals surface area contributed by atoms with Crippen molar-refractivity contribution in [1.29, 1.82) is 0 Å². The van der Waals surface area contributed by atoms with Crippen LogP contribution >= 0.6 is 23.1 Å². The number of carbonyl (C=O) groups is 2. The molecular formula is C51H57N5O3S2. The molecule has 0 saturated carbocycles. The minimum absolute atomic E-state index is 0.00986. The van der Waals surface area contributed by atoms with Gasteiger partial charge in [0.05, 0.1) is 23.4 Å². The summed E-state index contributed by atoms with van der Waals surface area (Å²) in [6.07, 6.45) is 9.24. The molecule has 1 aromatic heterocycles. The van der Waals surface area contributed by atoms with Gasteiger partial charge in [0, 0.05) is 35.0 Å². The highest BCUT2D eigenvalue weighted by atomic mass is 32.2. The average molecular weight is 852 g/mol. The predicted molar refractivity (Wildman–Crippen MR) is 250 cm³/mol. The number of nitrogens with one attached hydrogen (secondary N) is 1. The normalized spacial score (nSPS) is 19.9. The second-order valence-corrected chi connectivity index (χ2v) is 18.9. The lowest BCUT2D eigenvalue weighted by Crippen LogP contribution is -2.48. The number of hydrogen-bond donors (Lipinski definition) is 2.